The van der Waals surface area contributed by atoms with Crippen molar-refractivity contribution in [1.82, 2.24) is 9.97 Å². The van der Waals surface area contributed by atoms with E-state index in [0.29, 0.717) is 6.61 Å². The highest BCUT2D eigenvalue weighted by atomic mass is 19.4. The van der Waals surface area contributed by atoms with Crippen molar-refractivity contribution in [1.29, 1.82) is 0 Å². The standard InChI is InChI=1S/C21H20F3N3O3/c1-3-29-15-8-5-13(6-9-15)12-25-19-18(20(28)30-4-2)26-16-10-7-14(21(22,23)24)11-17(16)27-19/h5-11H,3-4,12H2,1-2H3,(H,25,27). The number of nitrogens with one attached hydrogen (secondary N) is 1. The Morgan fingerprint density at radius 3 is 2.37 bits per heavy atom. The average molecular weight is 419 g/mol. The minimum absolute atomic E-state index is 0.0204. The number of rotatable bonds is 7. The Bertz CT molecular complexity index is 1040. The number of nitrogens with zero attached hydrogens (tertiary/aromatic N) is 2. The van der Waals surface area contributed by atoms with Gasteiger partial charge in [0, 0.05) is 6.54 Å². The first-order valence-electron chi connectivity index (χ1n) is 9.33. The molecule has 0 bridgehead atoms. The van der Waals surface area contributed by atoms with Crippen molar-refractivity contribution in [3.8, 4) is 5.75 Å². The fourth-order valence-corrected chi connectivity index (χ4v) is 2.75. The first kappa shape index (κ1) is 21.4. The molecule has 0 radical (unpaired) electrons. The summed E-state index contributed by atoms with van der Waals surface area (Å²) >= 11 is 0. The summed E-state index contributed by atoms with van der Waals surface area (Å²) in [5.74, 6) is 0.0637. The molecule has 0 fully saturated rings. The lowest BCUT2D eigenvalue weighted by Gasteiger charge is -2.13. The lowest BCUT2D eigenvalue weighted by Crippen LogP contribution is -2.14. The Labute approximate surface area is 171 Å². The predicted octanol–water partition coefficient (Wildman–Crippen LogP) is 4.84. The summed E-state index contributed by atoms with van der Waals surface area (Å²) < 4.78 is 49.5. The normalized spacial score (nSPS) is 11.4. The smallest absolute Gasteiger partial charge is 0.416 e. The van der Waals surface area contributed by atoms with Crippen LogP contribution >= 0.6 is 0 Å². The zero-order chi connectivity index (χ0) is 21.7. The lowest BCUT2D eigenvalue weighted by molar-refractivity contribution is -0.137. The van der Waals surface area contributed by atoms with E-state index in [4.69, 9.17) is 9.47 Å². The molecular formula is C21H20F3N3O3. The summed E-state index contributed by atoms with van der Waals surface area (Å²) in [5.41, 5.74) is 0.115. The molecular weight excluding hydrogens is 399 g/mol. The van der Waals surface area contributed by atoms with E-state index in [1.54, 1.807) is 19.1 Å². The molecule has 0 amide bonds. The van der Waals surface area contributed by atoms with Crippen LogP contribution < -0.4 is 10.1 Å². The van der Waals surface area contributed by atoms with Crippen LogP contribution in [0.5, 0.6) is 5.75 Å². The molecule has 1 N–H and O–H groups in total. The van der Waals surface area contributed by atoms with E-state index >= 15 is 0 Å². The highest BCUT2D eigenvalue weighted by Gasteiger charge is 2.31. The van der Waals surface area contributed by atoms with Gasteiger partial charge < -0.3 is 14.8 Å². The van der Waals surface area contributed by atoms with Crippen LogP contribution in [0.4, 0.5) is 19.0 Å². The molecule has 3 rings (SSSR count). The number of anilines is 1. The zero-order valence-electron chi connectivity index (χ0n) is 16.4. The number of alkyl halides is 3. The van der Waals surface area contributed by atoms with E-state index in [2.05, 4.69) is 15.3 Å². The highest BCUT2D eigenvalue weighted by molar-refractivity contribution is 5.95. The maximum absolute atomic E-state index is 13.0. The van der Waals surface area contributed by atoms with Gasteiger partial charge in [-0.1, -0.05) is 12.1 Å². The number of aromatic nitrogens is 2. The van der Waals surface area contributed by atoms with Gasteiger partial charge in [-0.3, -0.25) is 0 Å². The monoisotopic (exact) mass is 419 g/mol. The second-order valence-electron chi connectivity index (χ2n) is 6.27. The summed E-state index contributed by atoms with van der Waals surface area (Å²) in [6.45, 7) is 4.49. The van der Waals surface area contributed by atoms with Crippen LogP contribution in [0.3, 0.4) is 0 Å². The third-order valence-corrected chi connectivity index (χ3v) is 4.15. The molecule has 1 heterocycles. The number of hydrogen-bond donors (Lipinski definition) is 1. The van der Waals surface area contributed by atoms with Crippen LogP contribution in [0, 0.1) is 0 Å². The van der Waals surface area contributed by atoms with E-state index in [1.165, 1.54) is 6.07 Å². The highest BCUT2D eigenvalue weighted by Crippen LogP contribution is 2.31. The number of benzene rings is 2. The fourth-order valence-electron chi connectivity index (χ4n) is 2.75. The van der Waals surface area contributed by atoms with Gasteiger partial charge >= 0.3 is 12.1 Å². The Balaban J connectivity index is 1.94. The van der Waals surface area contributed by atoms with Gasteiger partial charge in [0.05, 0.1) is 29.8 Å². The number of carbonyl (C=O) groups is 1. The Hall–Kier alpha value is -3.36. The lowest BCUT2D eigenvalue weighted by atomic mass is 10.2. The summed E-state index contributed by atoms with van der Waals surface area (Å²) in [6, 6.07) is 10.3. The van der Waals surface area contributed by atoms with Gasteiger partial charge in [0.25, 0.3) is 0 Å². The minimum atomic E-state index is -4.51. The largest absolute Gasteiger partial charge is 0.494 e. The average Bonchev–Trinajstić information content (AvgIpc) is 2.72. The van der Waals surface area contributed by atoms with Gasteiger partial charge in [0.15, 0.2) is 11.5 Å². The van der Waals surface area contributed by atoms with E-state index in [9.17, 15) is 18.0 Å². The maximum Gasteiger partial charge on any atom is 0.416 e. The molecule has 0 spiro atoms. The van der Waals surface area contributed by atoms with Crippen molar-refractivity contribution in [3.05, 3.63) is 59.3 Å². The Morgan fingerprint density at radius 2 is 1.73 bits per heavy atom. The van der Waals surface area contributed by atoms with Gasteiger partial charge in [-0.15, -0.1) is 0 Å². The van der Waals surface area contributed by atoms with Crippen molar-refractivity contribution >= 4 is 22.8 Å². The SMILES string of the molecule is CCOC(=O)c1nc2ccc(C(F)(F)F)cc2nc1NCc1ccc(OCC)cc1. The van der Waals surface area contributed by atoms with Crippen LogP contribution in [0.15, 0.2) is 42.5 Å². The summed E-state index contributed by atoms with van der Waals surface area (Å²) in [4.78, 5) is 20.7. The third-order valence-electron chi connectivity index (χ3n) is 4.15. The van der Waals surface area contributed by atoms with Crippen LogP contribution in [-0.2, 0) is 17.5 Å². The molecule has 0 aliphatic rings. The number of halogens is 3. The first-order chi connectivity index (χ1) is 14.3. The molecule has 1 aromatic heterocycles. The Kier molecular flexibility index (Phi) is 6.39. The van der Waals surface area contributed by atoms with Crippen LogP contribution in [-0.4, -0.2) is 29.2 Å². The van der Waals surface area contributed by atoms with Gasteiger partial charge in [-0.05, 0) is 49.7 Å². The van der Waals surface area contributed by atoms with Gasteiger partial charge in [-0.2, -0.15) is 13.2 Å². The number of esters is 1. The van der Waals surface area contributed by atoms with E-state index < -0.39 is 17.7 Å². The van der Waals surface area contributed by atoms with Crippen molar-refractivity contribution in [2.24, 2.45) is 0 Å². The molecule has 6 nitrogen and oxygen atoms in total. The van der Waals surface area contributed by atoms with Crippen molar-refractivity contribution < 1.29 is 27.4 Å². The van der Waals surface area contributed by atoms with Crippen molar-refractivity contribution in [2.45, 2.75) is 26.6 Å². The van der Waals surface area contributed by atoms with Crippen molar-refractivity contribution in [2.75, 3.05) is 18.5 Å². The van der Waals surface area contributed by atoms with Crippen molar-refractivity contribution in [3.63, 3.8) is 0 Å². The molecule has 0 saturated carbocycles. The third kappa shape index (κ3) is 4.97. The summed E-state index contributed by atoms with van der Waals surface area (Å²) in [7, 11) is 0. The predicted molar refractivity (Wildman–Crippen MR) is 105 cm³/mol. The van der Waals surface area contributed by atoms with E-state index in [0.717, 1.165) is 23.4 Å². The topological polar surface area (TPSA) is 73.3 Å². The van der Waals surface area contributed by atoms with Crippen LogP contribution in [0.1, 0.15) is 35.5 Å². The second kappa shape index (κ2) is 8.98. The molecule has 0 atom stereocenters. The molecule has 0 unspecified atom stereocenters. The molecule has 3 aromatic rings. The second-order valence-corrected chi connectivity index (χ2v) is 6.27. The molecule has 0 saturated heterocycles. The van der Waals surface area contributed by atoms with Gasteiger partial charge in [0.2, 0.25) is 0 Å². The van der Waals surface area contributed by atoms with Gasteiger partial charge in [-0.25, -0.2) is 14.8 Å². The summed E-state index contributed by atoms with van der Waals surface area (Å²) in [5, 5.41) is 2.97. The fraction of sp³-hybridized carbons (Fsp3) is 0.286. The van der Waals surface area contributed by atoms with Gasteiger partial charge in [0.1, 0.15) is 5.75 Å². The molecule has 158 valence electrons. The number of ether oxygens (including phenoxy) is 2. The quantitative estimate of drug-likeness (QED) is 0.553. The molecule has 30 heavy (non-hydrogen) atoms. The maximum atomic E-state index is 13.0. The van der Waals surface area contributed by atoms with Crippen LogP contribution in [0.25, 0.3) is 11.0 Å². The summed E-state index contributed by atoms with van der Waals surface area (Å²) in [6.07, 6.45) is -4.51. The first-order valence-corrected chi connectivity index (χ1v) is 9.33. The molecule has 0 aliphatic carbocycles. The number of carbonyl (C=O) groups excluding carboxylic acids is 1. The number of fused-ring (bicyclic) bond motifs is 1. The number of hydrogen-bond acceptors (Lipinski definition) is 6. The zero-order valence-corrected chi connectivity index (χ0v) is 16.4. The minimum Gasteiger partial charge on any atom is -0.494 e. The molecule has 2 aromatic carbocycles. The van der Waals surface area contributed by atoms with Crippen LogP contribution in [0.2, 0.25) is 0 Å². The molecule has 0 aliphatic heterocycles. The Morgan fingerprint density at radius 1 is 1.00 bits per heavy atom. The van der Waals surface area contributed by atoms with E-state index in [-0.39, 0.29) is 35.7 Å². The molecule has 9 heteroatoms. The van der Waals surface area contributed by atoms with E-state index in [1.807, 2.05) is 19.1 Å².